The van der Waals surface area contributed by atoms with Gasteiger partial charge >= 0.3 is 0 Å². The smallest absolute Gasteiger partial charge is 0.283 e. The molecule has 2 heterocycles. The second-order valence-corrected chi connectivity index (χ2v) is 17.8. The lowest BCUT2D eigenvalue weighted by Gasteiger charge is -2.31. The minimum absolute atomic E-state index is 0.00162. The highest BCUT2D eigenvalue weighted by Crippen LogP contribution is 2.40. The fraction of sp³-hybridized carbons (Fsp3) is 0.412. The average Bonchev–Trinajstić information content (AvgIpc) is 3.16. The van der Waals surface area contributed by atoms with Gasteiger partial charge in [-0.05, 0) is 74.9 Å². The normalized spacial score (nSPS) is 17.9. The number of carbonyl (C=O) groups excluding carboxylic acids is 4. The van der Waals surface area contributed by atoms with Crippen molar-refractivity contribution in [1.29, 1.82) is 0 Å². The van der Waals surface area contributed by atoms with Crippen molar-refractivity contribution in [3.8, 4) is 0 Å². The number of hydrogen-bond donors (Lipinski definition) is 2. The van der Waals surface area contributed by atoms with Crippen LogP contribution in [0.5, 0.6) is 0 Å². The molecule has 21 heteroatoms. The zero-order chi connectivity index (χ0) is 40.5. The molecule has 0 aliphatic carbocycles. The van der Waals surface area contributed by atoms with Crippen LogP contribution in [-0.2, 0) is 39.2 Å². The van der Waals surface area contributed by atoms with Crippen molar-refractivity contribution >= 4 is 79.0 Å². The number of amides is 4. The highest BCUT2D eigenvalue weighted by atomic mass is 32.2. The molecule has 296 valence electrons. The lowest BCUT2D eigenvalue weighted by atomic mass is 9.97. The molecule has 2 saturated heterocycles. The molecule has 55 heavy (non-hydrogen) atoms. The number of nitrogens with one attached hydrogen (secondary N) is 2. The highest BCUT2D eigenvalue weighted by molar-refractivity contribution is 7.99. The van der Waals surface area contributed by atoms with Crippen molar-refractivity contribution in [3.63, 3.8) is 0 Å². The first-order valence-corrected chi connectivity index (χ1v) is 21.3. The van der Waals surface area contributed by atoms with Crippen LogP contribution in [0.3, 0.4) is 0 Å². The van der Waals surface area contributed by atoms with E-state index in [1.807, 2.05) is 9.44 Å². The summed E-state index contributed by atoms with van der Waals surface area (Å²) in [5.41, 5.74) is -0.181. The van der Waals surface area contributed by atoms with Crippen molar-refractivity contribution in [2.24, 2.45) is 11.8 Å². The summed E-state index contributed by atoms with van der Waals surface area (Å²) in [5.74, 6) is -4.29. The predicted molar refractivity (Wildman–Crippen MR) is 202 cm³/mol. The van der Waals surface area contributed by atoms with Crippen molar-refractivity contribution in [2.75, 3.05) is 37.7 Å². The lowest BCUT2D eigenvalue weighted by Crippen LogP contribution is -2.46. The van der Waals surface area contributed by atoms with E-state index in [0.717, 1.165) is 11.8 Å². The van der Waals surface area contributed by atoms with Gasteiger partial charge in [-0.15, -0.1) is 0 Å². The number of nitro benzene ring substituents is 2. The topological polar surface area (TPSA) is 253 Å². The van der Waals surface area contributed by atoms with E-state index in [0.29, 0.717) is 38.8 Å². The molecule has 0 radical (unpaired) electrons. The van der Waals surface area contributed by atoms with Gasteiger partial charge in [-0.3, -0.25) is 48.9 Å². The molecule has 2 unspecified atom stereocenters. The van der Waals surface area contributed by atoms with Gasteiger partial charge in [0.05, 0.1) is 43.0 Å². The number of piperidine rings is 2. The molecule has 4 amide bonds. The first kappa shape index (κ1) is 42.6. The van der Waals surface area contributed by atoms with E-state index < -0.39 is 65.4 Å². The van der Waals surface area contributed by atoms with Gasteiger partial charge < -0.3 is 9.80 Å². The van der Waals surface area contributed by atoms with Crippen LogP contribution >= 0.6 is 11.8 Å². The van der Waals surface area contributed by atoms with Crippen LogP contribution in [0, 0.1) is 32.1 Å². The van der Waals surface area contributed by atoms with Crippen LogP contribution in [-0.4, -0.2) is 97.8 Å². The van der Waals surface area contributed by atoms with Gasteiger partial charge in [-0.1, -0.05) is 23.9 Å². The van der Waals surface area contributed by atoms with Crippen molar-refractivity contribution in [2.45, 2.75) is 49.3 Å². The second kappa shape index (κ2) is 18.5. The molecule has 2 aliphatic rings. The standard InChI is InChI=1S/C34H40N6O12S3/c1-3-54(49,50)35-33(43)25-7-5-17-37(21-25)31(41)15-11-23-9-13-29(27(19-23)39(45)46)53-30-14-10-24(20-28(30)40(47)48)12-16-32(42)38-18-6-8-26(22-38)34(44)36-55(51,52)4-2/h9-16,19-20,25-26H,3-8,17-18,21-22H2,1-2H3,(H,35,43)(H,36,44)/b15-11+,16-12+. The lowest BCUT2D eigenvalue weighted by molar-refractivity contribution is -0.388. The number of carbonyl (C=O) groups is 4. The van der Waals surface area contributed by atoms with E-state index in [4.69, 9.17) is 0 Å². The Morgan fingerprint density at radius 2 is 1.11 bits per heavy atom. The maximum atomic E-state index is 12.9. The minimum Gasteiger partial charge on any atom is -0.338 e. The predicted octanol–water partition coefficient (Wildman–Crippen LogP) is 3.09. The molecule has 4 rings (SSSR count). The first-order chi connectivity index (χ1) is 25.9. The van der Waals surface area contributed by atoms with Crippen LogP contribution in [0.25, 0.3) is 12.2 Å². The van der Waals surface area contributed by atoms with Gasteiger partial charge in [-0.2, -0.15) is 0 Å². The van der Waals surface area contributed by atoms with Gasteiger partial charge in [0.15, 0.2) is 0 Å². The third kappa shape index (κ3) is 11.9. The highest BCUT2D eigenvalue weighted by Gasteiger charge is 2.31. The number of nitrogens with zero attached hydrogens (tertiary/aromatic N) is 4. The minimum atomic E-state index is -3.76. The number of nitro groups is 2. The molecular formula is C34H40N6O12S3. The third-order valence-corrected chi connectivity index (χ3v) is 12.6. The summed E-state index contributed by atoms with van der Waals surface area (Å²) in [6.07, 6.45) is 6.85. The fourth-order valence-electron chi connectivity index (χ4n) is 5.80. The summed E-state index contributed by atoms with van der Waals surface area (Å²) >= 11 is 0.782. The second-order valence-electron chi connectivity index (χ2n) is 12.7. The van der Waals surface area contributed by atoms with Gasteiger partial charge in [0, 0.05) is 50.5 Å². The monoisotopic (exact) mass is 820 g/mol. The quantitative estimate of drug-likeness (QED) is 0.158. The van der Waals surface area contributed by atoms with E-state index in [2.05, 4.69) is 0 Å². The Balaban J connectivity index is 1.44. The van der Waals surface area contributed by atoms with Crippen LogP contribution in [0.1, 0.15) is 50.7 Å². The summed E-state index contributed by atoms with van der Waals surface area (Å²) in [6.45, 7) is 3.46. The molecule has 2 fully saturated rings. The number of rotatable bonds is 14. The maximum Gasteiger partial charge on any atom is 0.283 e. The molecule has 2 aliphatic heterocycles. The number of hydrogen-bond acceptors (Lipinski definition) is 13. The SMILES string of the molecule is CCS(=O)(=O)NC(=O)C1CCCN(C(=O)/C=C/c2ccc(Sc3ccc(/C=C/C(=O)N4CCCC(C(=O)NS(=O)(=O)CC)C4)cc3[N+](=O)[O-])c([N+](=O)[O-])c2)C1. The summed E-state index contributed by atoms with van der Waals surface area (Å²) in [4.78, 5) is 76.4. The van der Waals surface area contributed by atoms with Crippen molar-refractivity contribution < 1.29 is 45.9 Å². The molecule has 0 aromatic heterocycles. The third-order valence-electron chi connectivity index (χ3n) is 8.90. The Bertz CT molecular complexity index is 1990. The Kier molecular flexibility index (Phi) is 14.3. The van der Waals surface area contributed by atoms with Crippen LogP contribution in [0.15, 0.2) is 58.3 Å². The Labute approximate surface area is 321 Å². The van der Waals surface area contributed by atoms with Crippen LogP contribution < -0.4 is 9.44 Å². The van der Waals surface area contributed by atoms with Crippen LogP contribution in [0.4, 0.5) is 11.4 Å². The number of benzene rings is 2. The van der Waals surface area contributed by atoms with Gasteiger partial charge in [0.1, 0.15) is 0 Å². The molecule has 2 aromatic carbocycles. The van der Waals surface area contributed by atoms with Crippen molar-refractivity contribution in [1.82, 2.24) is 19.2 Å². The zero-order valence-corrected chi connectivity index (χ0v) is 32.4. The Morgan fingerprint density at radius 3 is 1.45 bits per heavy atom. The number of sulfonamides is 2. The molecule has 0 bridgehead atoms. The van der Waals surface area contributed by atoms with Gasteiger partial charge in [0.25, 0.3) is 11.4 Å². The molecule has 2 atom stereocenters. The largest absolute Gasteiger partial charge is 0.338 e. The van der Waals surface area contributed by atoms with Gasteiger partial charge in [0.2, 0.25) is 43.7 Å². The maximum absolute atomic E-state index is 12.9. The van der Waals surface area contributed by atoms with Gasteiger partial charge in [-0.25, -0.2) is 16.8 Å². The summed E-state index contributed by atoms with van der Waals surface area (Å²) < 4.78 is 51.2. The Morgan fingerprint density at radius 1 is 0.727 bits per heavy atom. The molecule has 0 saturated carbocycles. The Hall–Kier alpha value is -5.15. The van der Waals surface area contributed by atoms with Crippen molar-refractivity contribution in [3.05, 3.63) is 79.9 Å². The van der Waals surface area contributed by atoms with E-state index in [-0.39, 0.29) is 56.9 Å². The van der Waals surface area contributed by atoms with E-state index >= 15 is 0 Å². The van der Waals surface area contributed by atoms with E-state index in [1.54, 1.807) is 0 Å². The van der Waals surface area contributed by atoms with E-state index in [9.17, 15) is 56.2 Å². The molecule has 2 N–H and O–H groups in total. The average molecular weight is 821 g/mol. The first-order valence-electron chi connectivity index (χ1n) is 17.2. The fourth-order valence-corrected chi connectivity index (χ4v) is 8.02. The molecular weight excluding hydrogens is 781 g/mol. The molecule has 18 nitrogen and oxygen atoms in total. The molecule has 2 aromatic rings. The molecule has 0 spiro atoms. The zero-order valence-electron chi connectivity index (χ0n) is 29.9. The summed E-state index contributed by atoms with van der Waals surface area (Å²) in [6, 6.07) is 8.19. The van der Waals surface area contributed by atoms with E-state index in [1.165, 1.54) is 84.3 Å². The van der Waals surface area contributed by atoms with Crippen LogP contribution in [0.2, 0.25) is 0 Å². The summed E-state index contributed by atoms with van der Waals surface area (Å²) in [5, 5.41) is 24.1. The summed E-state index contributed by atoms with van der Waals surface area (Å²) in [7, 11) is -7.51. The number of likely N-dealkylation sites (tertiary alicyclic amines) is 2.